The highest BCUT2D eigenvalue weighted by atomic mass is 79.9. The number of carboxylic acid groups (broad SMARTS) is 1. The SMILES string of the molecule is COC(CN)OC.COC(CNC(=O)c1cccs1)OC.COc1cc2ccsc2c(C)n1.COc1nc(C)c2sccc2c1Br.COc1nc(C)c2sccc2c1C#N.COc1nc(C)c2sccc2c1CO.Cc1c2sccc2cc[n+]1[O-].Clc1nccc2ccsc12.O=C(O)c1cccs1.O=c1[nH]ccc2ccsc12. The topological polar surface area (TPSA) is 335 Å². The van der Waals surface area contributed by atoms with Crippen molar-refractivity contribution < 1.29 is 62.4 Å². The van der Waals surface area contributed by atoms with Crippen LogP contribution in [0.25, 0.3) is 70.6 Å². The molecule has 0 fully saturated rings. The van der Waals surface area contributed by atoms with Crippen molar-refractivity contribution in [2.24, 2.45) is 5.73 Å². The van der Waals surface area contributed by atoms with Gasteiger partial charge < -0.3 is 69.3 Å². The van der Waals surface area contributed by atoms with Gasteiger partial charge in [0.1, 0.15) is 26.4 Å². The van der Waals surface area contributed by atoms with Gasteiger partial charge in [-0.3, -0.25) is 9.59 Å². The largest absolute Gasteiger partial charge is 0.618 e. The maximum atomic E-state index is 11.4. The summed E-state index contributed by atoms with van der Waals surface area (Å²) < 4.78 is 49.1. The number of rotatable bonds is 14. The Hall–Kier alpha value is -9.07. The Kier molecular flexibility index (Phi) is 37.9. The van der Waals surface area contributed by atoms with Gasteiger partial charge in [0.05, 0.1) is 102 Å². The number of aliphatic hydroxyl groups is 1. The molecule has 16 rings (SSSR count). The second-order valence-corrected chi connectivity index (χ2v) is 32.0. The molecule has 0 bridgehead atoms. The van der Waals surface area contributed by atoms with Crippen LogP contribution in [0.1, 0.15) is 58.9 Å². The third-order valence-electron chi connectivity index (χ3n) is 15.5. The predicted octanol–water partition coefficient (Wildman–Crippen LogP) is 19.1. The van der Waals surface area contributed by atoms with E-state index in [1.807, 2.05) is 128 Å². The van der Waals surface area contributed by atoms with Crippen LogP contribution in [0.15, 0.2) is 167 Å². The Bertz CT molecular complexity index is 5730. The Morgan fingerprint density at radius 1 is 0.584 bits per heavy atom. The number of pyridine rings is 7. The first-order valence-corrected chi connectivity index (χ1v) is 42.4. The van der Waals surface area contributed by atoms with Gasteiger partial charge in [-0.15, -0.1) is 102 Å². The number of ether oxygens (including phenoxy) is 8. The lowest BCUT2D eigenvalue weighted by molar-refractivity contribution is -0.610. The molecule has 0 atom stereocenters. The number of hydrogen-bond acceptors (Lipinski definition) is 29. The average molecular weight is 1790 g/mol. The van der Waals surface area contributed by atoms with E-state index in [2.05, 4.69) is 80.1 Å². The van der Waals surface area contributed by atoms with E-state index in [0.717, 1.165) is 88.3 Å². The van der Waals surface area contributed by atoms with Crippen molar-refractivity contribution in [1.82, 2.24) is 35.2 Å². The number of aryl methyl sites for hydroxylation is 5. The number of halogens is 2. The van der Waals surface area contributed by atoms with Gasteiger partial charge in [-0.2, -0.15) is 9.99 Å². The van der Waals surface area contributed by atoms with Crippen LogP contribution in [-0.4, -0.2) is 135 Å². The molecule has 35 heteroatoms. The molecule has 16 aromatic rings. The van der Waals surface area contributed by atoms with Crippen molar-refractivity contribution in [2.75, 3.05) is 70.0 Å². The zero-order valence-electron chi connectivity index (χ0n) is 63.3. The maximum absolute atomic E-state index is 11.4. The molecule has 0 saturated heterocycles. The number of H-pyrrole nitrogens is 1. The minimum atomic E-state index is -0.847. The van der Waals surface area contributed by atoms with E-state index in [1.165, 1.54) is 80.9 Å². The molecule has 0 aliphatic heterocycles. The second kappa shape index (κ2) is 46.9. The minimum Gasteiger partial charge on any atom is -0.618 e. The summed E-state index contributed by atoms with van der Waals surface area (Å²) in [5.74, 6) is 1.34. The Morgan fingerprint density at radius 3 is 1.58 bits per heavy atom. The molecule has 16 aromatic heterocycles. The van der Waals surface area contributed by atoms with Crippen molar-refractivity contribution in [3.63, 3.8) is 0 Å². The summed E-state index contributed by atoms with van der Waals surface area (Å²) in [6.07, 6.45) is 4.30. The summed E-state index contributed by atoms with van der Waals surface area (Å²) in [7, 11) is 12.5. The Labute approximate surface area is 700 Å². The molecule has 0 unspecified atom stereocenters. The summed E-state index contributed by atoms with van der Waals surface area (Å²) in [5.41, 5.74) is 11.2. The highest BCUT2D eigenvalue weighted by molar-refractivity contribution is 9.10. The number of carbonyl (C=O) groups excluding carboxylic acids is 1. The molecule has 594 valence electrons. The van der Waals surface area contributed by atoms with Crippen molar-refractivity contribution >= 4 is 212 Å². The van der Waals surface area contributed by atoms with E-state index in [9.17, 15) is 24.7 Å². The highest BCUT2D eigenvalue weighted by Gasteiger charge is 2.16. The van der Waals surface area contributed by atoms with E-state index in [0.29, 0.717) is 57.1 Å². The number of aromatic amines is 1. The first-order chi connectivity index (χ1) is 54.6. The zero-order chi connectivity index (χ0) is 82.1. The number of carboxylic acids is 1. The van der Waals surface area contributed by atoms with Gasteiger partial charge in [0.2, 0.25) is 29.2 Å². The summed E-state index contributed by atoms with van der Waals surface area (Å²) >= 11 is 23.2. The Morgan fingerprint density at radius 2 is 1.07 bits per heavy atom. The molecule has 6 N–H and O–H groups in total. The van der Waals surface area contributed by atoms with Crippen molar-refractivity contribution in [1.29, 1.82) is 5.26 Å². The molecule has 0 aliphatic rings. The summed E-state index contributed by atoms with van der Waals surface area (Å²) in [6.45, 7) is 10.4. The summed E-state index contributed by atoms with van der Waals surface area (Å²) in [4.78, 5) is 57.3. The zero-order valence-corrected chi connectivity index (χ0v) is 73.0. The summed E-state index contributed by atoms with van der Waals surface area (Å²) in [5, 5.41) is 66.2. The van der Waals surface area contributed by atoms with Crippen molar-refractivity contribution in [2.45, 2.75) is 53.8 Å². The number of methoxy groups -OCH3 is 8. The molecular formula is C78H80BrClN10O14S9. The highest BCUT2D eigenvalue weighted by Crippen LogP contribution is 2.37. The molecular weight excluding hydrogens is 1700 g/mol. The Balaban J connectivity index is 0.000000175. The summed E-state index contributed by atoms with van der Waals surface area (Å²) in [6, 6.07) is 30.7. The van der Waals surface area contributed by atoms with Crippen LogP contribution in [-0.2, 0) is 25.6 Å². The first-order valence-electron chi connectivity index (χ1n) is 33.4. The monoisotopic (exact) mass is 1780 g/mol. The van der Waals surface area contributed by atoms with Crippen LogP contribution in [0.2, 0.25) is 5.15 Å². The molecule has 16 heterocycles. The molecule has 0 spiro atoms. The fraction of sp³-hybridized carbons (Fsp3) is 0.231. The van der Waals surface area contributed by atoms with Gasteiger partial charge in [0.15, 0.2) is 18.8 Å². The second-order valence-electron chi connectivity index (χ2n) is 22.5. The standard InChI is InChI=1S/C10H8N2OS.C10H11NO2S.C9H8BrNOS.C9H13NO3S.C9H9NOS.C8H7NOS.C7H4ClNS.C7H5NOS.C5H4O2S.C4H11NO2/c1-6-9-7(3-4-14-9)8(5-11)10(12-6)13-2;1-6-9-7(3-4-14-9)8(5-12)10(11-6)13-2;1-5-8-6(3-4-13-8)7(10)9(11-5)12-2;1-12-8(13-2)6-10-9(11)7-4-3-5-14-7;1-6-9-7(3-4-12-9)5-8(10-6)11-2;1-6-8-7(3-5-11-8)2-4-9(6)10;8-7-6-5(1-3-9-7)2-4-10-6;9-7-6-5(1-3-8-7)2-4-10-6;6-5(7)4-2-1-3-8-4;1-6-4(3-5)7-2/h3-4H,1-2H3;3-4,12H,5H2,1-2H3;3-4H,1-2H3;3-5,8H,6H2,1-2H3,(H,10,11);3-5H,1-2H3;2-5H,1H3;1-4H;1-4H,(H,8,9);1-3H,(H,6,7);4H,3,5H2,1-2H3. The van der Waals surface area contributed by atoms with E-state index in [1.54, 1.807) is 146 Å². The van der Waals surface area contributed by atoms with Gasteiger partial charge in [0, 0.05) is 93.5 Å². The van der Waals surface area contributed by atoms with Crippen LogP contribution in [0.5, 0.6) is 23.5 Å². The maximum Gasteiger partial charge on any atom is 0.345 e. The van der Waals surface area contributed by atoms with E-state index >= 15 is 0 Å². The lowest BCUT2D eigenvalue weighted by Crippen LogP contribution is -2.33. The van der Waals surface area contributed by atoms with E-state index in [4.69, 9.17) is 65.6 Å². The smallest absolute Gasteiger partial charge is 0.345 e. The number of aromatic nitrogens is 7. The molecule has 113 heavy (non-hydrogen) atoms. The fourth-order valence-electron chi connectivity index (χ4n) is 9.92. The number of aliphatic hydroxyl groups excluding tert-OH is 1. The normalized spacial score (nSPS) is 10.4. The first kappa shape index (κ1) is 91.1. The number of thiophene rings is 9. The van der Waals surface area contributed by atoms with Gasteiger partial charge in [-0.1, -0.05) is 23.7 Å². The quantitative estimate of drug-likeness (QED) is 0.0292. The van der Waals surface area contributed by atoms with Crippen LogP contribution < -0.4 is 40.3 Å². The minimum absolute atomic E-state index is 0.00694. The number of nitrogens with zero attached hydrogens (tertiary/aromatic N) is 7. The van der Waals surface area contributed by atoms with Crippen molar-refractivity contribution in [3.05, 3.63) is 233 Å². The number of nitriles is 1. The number of hydrogen-bond donors (Lipinski definition) is 5. The third-order valence-corrected chi connectivity index (χ3v) is 25.4. The lowest BCUT2D eigenvalue weighted by atomic mass is 10.1. The molecule has 0 aliphatic carbocycles. The molecule has 0 radical (unpaired) electrons. The number of nitrogens with two attached hydrogens (primary N) is 1. The average Bonchev–Trinajstić information content (AvgIpc) is 1.75. The number of fused-ring (bicyclic) bond motifs is 7. The predicted molar refractivity (Wildman–Crippen MR) is 467 cm³/mol. The van der Waals surface area contributed by atoms with Crippen LogP contribution >= 0.6 is 130 Å². The van der Waals surface area contributed by atoms with Crippen LogP contribution in [0, 0.1) is 51.2 Å². The van der Waals surface area contributed by atoms with Gasteiger partial charge in [0.25, 0.3) is 11.5 Å². The lowest BCUT2D eigenvalue weighted by Gasteiger charge is -2.13. The molecule has 0 aromatic carbocycles. The third kappa shape index (κ3) is 25.5. The number of nitrogens with one attached hydrogen (secondary N) is 2. The fourth-order valence-corrected chi connectivity index (χ4v) is 18.0. The molecule has 1 amide bonds. The van der Waals surface area contributed by atoms with E-state index < -0.39 is 5.97 Å². The molecule has 0 saturated carbocycles. The number of aromatic carboxylic acids is 1. The van der Waals surface area contributed by atoms with Crippen LogP contribution in [0.4, 0.5) is 0 Å². The van der Waals surface area contributed by atoms with E-state index in [-0.39, 0.29) is 30.7 Å². The van der Waals surface area contributed by atoms with Crippen LogP contribution in [0.3, 0.4) is 0 Å². The van der Waals surface area contributed by atoms with Crippen molar-refractivity contribution in [3.8, 4) is 29.6 Å². The van der Waals surface area contributed by atoms with Gasteiger partial charge in [-0.25, -0.2) is 29.7 Å². The molecule has 24 nitrogen and oxygen atoms in total. The van der Waals surface area contributed by atoms with Gasteiger partial charge in [-0.05, 0) is 175 Å². The number of amides is 1. The van der Waals surface area contributed by atoms with Gasteiger partial charge >= 0.3 is 5.97 Å². The number of carbonyl (C=O) groups is 2.